The Bertz CT molecular complexity index is 1020. The lowest BCUT2D eigenvalue weighted by molar-refractivity contribution is -0.173. The highest BCUT2D eigenvalue weighted by Gasteiger charge is 2.48. The minimum atomic E-state index is -4.52. The zero-order valence-electron chi connectivity index (χ0n) is 17.7. The van der Waals surface area contributed by atoms with Gasteiger partial charge in [-0.3, -0.25) is 9.69 Å². The largest absolute Gasteiger partial charge is 0.410 e. The monoisotopic (exact) mass is 467 g/mol. The molecule has 2 aromatic rings. The van der Waals surface area contributed by atoms with E-state index < -0.39 is 24.2 Å². The third-order valence-corrected chi connectivity index (χ3v) is 7.21. The Morgan fingerprint density at radius 2 is 1.94 bits per heavy atom. The van der Waals surface area contributed by atoms with E-state index in [0.29, 0.717) is 19.1 Å². The van der Waals surface area contributed by atoms with Crippen molar-refractivity contribution < 1.29 is 18.0 Å². The molecule has 3 aliphatic rings. The second kappa shape index (κ2) is 7.95. The van der Waals surface area contributed by atoms with Gasteiger partial charge >= 0.3 is 6.18 Å². The van der Waals surface area contributed by atoms with E-state index in [-0.39, 0.29) is 23.0 Å². The van der Waals surface area contributed by atoms with Gasteiger partial charge in [-0.25, -0.2) is 4.68 Å². The summed E-state index contributed by atoms with van der Waals surface area (Å²) in [5.74, 6) is -0.355. The SMILES string of the molecule is Cc1ccc([C@@H]2C[C@H](C(F)(F)F)n3nc(C(=O)N4CCN5CCC[C@@H]5C4)c(Cl)c3N2)cc1. The molecular weight excluding hydrogens is 443 g/mol. The molecule has 0 aliphatic carbocycles. The highest BCUT2D eigenvalue weighted by Crippen LogP contribution is 2.46. The molecule has 32 heavy (non-hydrogen) atoms. The number of aryl methyl sites for hydroxylation is 1. The zero-order valence-corrected chi connectivity index (χ0v) is 18.5. The molecule has 0 saturated carbocycles. The second-order valence-electron chi connectivity index (χ2n) is 8.94. The zero-order chi connectivity index (χ0) is 22.6. The van der Waals surface area contributed by atoms with Crippen molar-refractivity contribution in [1.29, 1.82) is 0 Å². The fourth-order valence-corrected chi connectivity index (χ4v) is 5.33. The van der Waals surface area contributed by atoms with Gasteiger partial charge in [0.15, 0.2) is 11.7 Å². The van der Waals surface area contributed by atoms with Crippen molar-refractivity contribution in [2.45, 2.75) is 50.5 Å². The molecule has 5 rings (SSSR count). The molecule has 1 aromatic heterocycles. The summed E-state index contributed by atoms with van der Waals surface area (Å²) in [7, 11) is 0. The summed E-state index contributed by atoms with van der Waals surface area (Å²) in [4.78, 5) is 17.2. The van der Waals surface area contributed by atoms with Crippen molar-refractivity contribution in [2.75, 3.05) is 31.5 Å². The van der Waals surface area contributed by atoms with Gasteiger partial charge in [-0.15, -0.1) is 0 Å². The van der Waals surface area contributed by atoms with E-state index in [1.54, 1.807) is 4.90 Å². The highest BCUT2D eigenvalue weighted by atomic mass is 35.5. The topological polar surface area (TPSA) is 53.4 Å². The fraction of sp³-hybridized carbons (Fsp3) is 0.545. The van der Waals surface area contributed by atoms with Crippen LogP contribution >= 0.6 is 11.6 Å². The molecule has 0 bridgehead atoms. The lowest BCUT2D eigenvalue weighted by atomic mass is 9.96. The summed E-state index contributed by atoms with van der Waals surface area (Å²) in [6.45, 7) is 4.80. The van der Waals surface area contributed by atoms with Crippen molar-refractivity contribution in [3.05, 3.63) is 46.1 Å². The summed E-state index contributed by atoms with van der Waals surface area (Å²) in [6.07, 6.45) is -2.63. The molecule has 10 heteroatoms. The van der Waals surface area contributed by atoms with E-state index in [0.717, 1.165) is 41.7 Å². The van der Waals surface area contributed by atoms with Crippen LogP contribution in [0, 0.1) is 6.92 Å². The van der Waals surface area contributed by atoms with E-state index in [2.05, 4.69) is 15.3 Å². The summed E-state index contributed by atoms with van der Waals surface area (Å²) >= 11 is 6.49. The van der Waals surface area contributed by atoms with Crippen molar-refractivity contribution in [1.82, 2.24) is 19.6 Å². The maximum atomic E-state index is 14.0. The number of anilines is 1. The minimum Gasteiger partial charge on any atom is -0.362 e. The van der Waals surface area contributed by atoms with E-state index in [1.807, 2.05) is 31.2 Å². The number of hydrogen-bond donors (Lipinski definition) is 1. The van der Waals surface area contributed by atoms with E-state index in [4.69, 9.17) is 11.6 Å². The van der Waals surface area contributed by atoms with Crippen LogP contribution < -0.4 is 5.32 Å². The van der Waals surface area contributed by atoms with Gasteiger partial charge in [0, 0.05) is 32.1 Å². The number of piperazine rings is 1. The average molecular weight is 468 g/mol. The molecule has 2 fully saturated rings. The van der Waals surface area contributed by atoms with Crippen LogP contribution in [0.4, 0.5) is 19.0 Å². The van der Waals surface area contributed by atoms with Gasteiger partial charge < -0.3 is 10.2 Å². The Balaban J connectivity index is 1.47. The van der Waals surface area contributed by atoms with Gasteiger partial charge in [0.1, 0.15) is 10.8 Å². The van der Waals surface area contributed by atoms with Crippen LogP contribution in [0.5, 0.6) is 0 Å². The Kier molecular flexibility index (Phi) is 5.36. The molecule has 4 heterocycles. The summed E-state index contributed by atoms with van der Waals surface area (Å²) in [6, 6.07) is 5.21. The normalized spacial score (nSPS) is 25.9. The molecule has 1 N–H and O–H groups in total. The molecule has 3 atom stereocenters. The summed E-state index contributed by atoms with van der Waals surface area (Å²) < 4.78 is 42.8. The Hall–Kier alpha value is -2.26. The highest BCUT2D eigenvalue weighted by molar-refractivity contribution is 6.36. The number of alkyl halides is 3. The van der Waals surface area contributed by atoms with Gasteiger partial charge in [-0.1, -0.05) is 41.4 Å². The third-order valence-electron chi connectivity index (χ3n) is 6.85. The smallest absolute Gasteiger partial charge is 0.362 e. The van der Waals surface area contributed by atoms with Crippen LogP contribution in [0.25, 0.3) is 0 Å². The number of halogens is 4. The Morgan fingerprint density at radius 1 is 1.19 bits per heavy atom. The molecule has 0 spiro atoms. The predicted molar refractivity (Wildman–Crippen MR) is 115 cm³/mol. The van der Waals surface area contributed by atoms with Crippen molar-refractivity contribution in [3.8, 4) is 0 Å². The van der Waals surface area contributed by atoms with Gasteiger partial charge in [0.05, 0.1) is 6.04 Å². The molecule has 1 amide bonds. The van der Waals surface area contributed by atoms with E-state index >= 15 is 0 Å². The molecule has 0 unspecified atom stereocenters. The molecule has 2 saturated heterocycles. The van der Waals surface area contributed by atoms with Gasteiger partial charge in [0.25, 0.3) is 5.91 Å². The van der Waals surface area contributed by atoms with Gasteiger partial charge in [-0.2, -0.15) is 18.3 Å². The Labute approximate surface area is 189 Å². The number of rotatable bonds is 2. The molecule has 172 valence electrons. The average Bonchev–Trinajstić information content (AvgIpc) is 3.36. The number of hydrogen-bond acceptors (Lipinski definition) is 4. The quantitative estimate of drug-likeness (QED) is 0.710. The number of carbonyl (C=O) groups is 1. The molecular formula is C22H25ClF3N5O. The number of fused-ring (bicyclic) bond motifs is 2. The molecule has 3 aliphatic heterocycles. The van der Waals surface area contributed by atoms with Crippen LogP contribution in [0.3, 0.4) is 0 Å². The van der Waals surface area contributed by atoms with Crippen molar-refractivity contribution in [3.63, 3.8) is 0 Å². The fourth-order valence-electron chi connectivity index (χ4n) is 5.07. The Morgan fingerprint density at radius 3 is 2.66 bits per heavy atom. The first-order chi connectivity index (χ1) is 15.2. The van der Waals surface area contributed by atoms with Crippen molar-refractivity contribution >= 4 is 23.3 Å². The number of benzene rings is 1. The van der Waals surface area contributed by atoms with Crippen molar-refractivity contribution in [2.24, 2.45) is 0 Å². The second-order valence-corrected chi connectivity index (χ2v) is 9.32. The number of amides is 1. The maximum absolute atomic E-state index is 14.0. The predicted octanol–water partition coefficient (Wildman–Crippen LogP) is 4.43. The van der Waals surface area contributed by atoms with Crippen LogP contribution in [0.1, 0.15) is 53.0 Å². The number of carbonyl (C=O) groups excluding carboxylic acids is 1. The van der Waals surface area contributed by atoms with Crippen LogP contribution in [-0.4, -0.2) is 63.9 Å². The third kappa shape index (κ3) is 3.75. The minimum absolute atomic E-state index is 0.0464. The molecule has 0 radical (unpaired) electrons. The molecule has 6 nitrogen and oxygen atoms in total. The van der Waals surface area contributed by atoms with Crippen LogP contribution in [-0.2, 0) is 0 Å². The number of nitrogens with one attached hydrogen (secondary N) is 1. The first-order valence-corrected chi connectivity index (χ1v) is 11.3. The molecule has 1 aromatic carbocycles. The summed E-state index contributed by atoms with van der Waals surface area (Å²) in [5, 5.41) is 7.16. The van der Waals surface area contributed by atoms with E-state index in [9.17, 15) is 18.0 Å². The lowest BCUT2D eigenvalue weighted by Gasteiger charge is -2.37. The lowest BCUT2D eigenvalue weighted by Crippen LogP contribution is -2.52. The van der Waals surface area contributed by atoms with E-state index in [1.165, 1.54) is 0 Å². The van der Waals surface area contributed by atoms with Crippen LogP contribution in [0.15, 0.2) is 24.3 Å². The van der Waals surface area contributed by atoms with Gasteiger partial charge in [-0.05, 0) is 31.9 Å². The first-order valence-electron chi connectivity index (χ1n) is 10.9. The number of aromatic nitrogens is 2. The standard InChI is InChI=1S/C22H25ClF3N5O/c1-13-4-6-14(7-5-13)16-11-17(22(24,25)26)31-20(27-16)18(23)19(28-31)21(32)30-10-9-29-8-2-3-15(29)12-30/h4-7,15-17,27H,2-3,8-12H2,1H3/t15-,16+,17-/m1/s1. The number of nitrogens with zero attached hydrogens (tertiary/aromatic N) is 4. The van der Waals surface area contributed by atoms with Gasteiger partial charge in [0.2, 0.25) is 0 Å². The summed E-state index contributed by atoms with van der Waals surface area (Å²) in [5.41, 5.74) is 1.65. The first kappa shape index (κ1) is 21.6. The van der Waals surface area contributed by atoms with Crippen LogP contribution in [0.2, 0.25) is 5.02 Å². The maximum Gasteiger partial charge on any atom is 0.410 e.